The summed E-state index contributed by atoms with van der Waals surface area (Å²) < 4.78 is 53.9. The Bertz CT molecular complexity index is 395. The molecule has 0 fully saturated rings. The Balaban J connectivity index is 2.59. The zero-order valence-corrected chi connectivity index (χ0v) is 9.84. The standard InChI is InChI=1S/C11H13F4NO2/c1-7(16-18-6-11(13,14)15)9-4-3-8(17-2)5-10(9)12/h3-5,7,16H,6H2,1-2H3. The quantitative estimate of drug-likeness (QED) is 0.657. The maximum absolute atomic E-state index is 13.6. The van der Waals surface area contributed by atoms with E-state index in [1.165, 1.54) is 26.2 Å². The van der Waals surface area contributed by atoms with E-state index < -0.39 is 24.6 Å². The highest BCUT2D eigenvalue weighted by Crippen LogP contribution is 2.22. The molecule has 1 aromatic rings. The van der Waals surface area contributed by atoms with Gasteiger partial charge in [0.2, 0.25) is 0 Å². The lowest BCUT2D eigenvalue weighted by Gasteiger charge is -2.16. The van der Waals surface area contributed by atoms with Crippen LogP contribution in [0.25, 0.3) is 0 Å². The molecule has 0 aliphatic rings. The van der Waals surface area contributed by atoms with E-state index in [-0.39, 0.29) is 5.56 Å². The molecule has 18 heavy (non-hydrogen) atoms. The van der Waals surface area contributed by atoms with E-state index in [1.807, 2.05) is 0 Å². The molecule has 0 amide bonds. The number of hydrogen-bond acceptors (Lipinski definition) is 3. The van der Waals surface area contributed by atoms with Crippen molar-refractivity contribution in [1.29, 1.82) is 0 Å². The van der Waals surface area contributed by atoms with Gasteiger partial charge in [-0.15, -0.1) is 0 Å². The summed E-state index contributed by atoms with van der Waals surface area (Å²) >= 11 is 0. The molecule has 0 saturated carbocycles. The van der Waals surface area contributed by atoms with Crippen molar-refractivity contribution in [2.24, 2.45) is 0 Å². The Morgan fingerprint density at radius 1 is 1.33 bits per heavy atom. The van der Waals surface area contributed by atoms with E-state index in [1.54, 1.807) is 0 Å². The third kappa shape index (κ3) is 4.50. The van der Waals surface area contributed by atoms with Gasteiger partial charge in [-0.05, 0) is 13.0 Å². The van der Waals surface area contributed by atoms with E-state index in [9.17, 15) is 17.6 Å². The largest absolute Gasteiger partial charge is 0.497 e. The SMILES string of the molecule is COc1ccc(C(C)NOCC(F)(F)F)c(F)c1. The number of methoxy groups -OCH3 is 1. The highest BCUT2D eigenvalue weighted by Gasteiger charge is 2.28. The molecular weight excluding hydrogens is 254 g/mol. The van der Waals surface area contributed by atoms with Crippen molar-refractivity contribution in [2.45, 2.75) is 19.1 Å². The van der Waals surface area contributed by atoms with Gasteiger partial charge in [-0.2, -0.15) is 18.7 Å². The van der Waals surface area contributed by atoms with Crippen molar-refractivity contribution in [3.8, 4) is 5.75 Å². The predicted octanol–water partition coefficient (Wildman–Crippen LogP) is 2.98. The van der Waals surface area contributed by atoms with Crippen LogP contribution in [0.15, 0.2) is 18.2 Å². The van der Waals surface area contributed by atoms with Crippen molar-refractivity contribution in [2.75, 3.05) is 13.7 Å². The van der Waals surface area contributed by atoms with Gasteiger partial charge in [0.1, 0.15) is 11.6 Å². The van der Waals surface area contributed by atoms with Gasteiger partial charge >= 0.3 is 6.18 Å². The number of alkyl halides is 3. The molecule has 1 N–H and O–H groups in total. The average molecular weight is 267 g/mol. The normalized spacial score (nSPS) is 13.4. The molecule has 1 unspecified atom stereocenters. The van der Waals surface area contributed by atoms with Crippen molar-refractivity contribution >= 4 is 0 Å². The first kappa shape index (κ1) is 14.7. The third-order valence-corrected chi connectivity index (χ3v) is 2.17. The summed E-state index contributed by atoms with van der Waals surface area (Å²) in [4.78, 5) is 4.25. The summed E-state index contributed by atoms with van der Waals surface area (Å²) in [7, 11) is 1.39. The third-order valence-electron chi connectivity index (χ3n) is 2.17. The van der Waals surface area contributed by atoms with Crippen LogP contribution < -0.4 is 10.2 Å². The summed E-state index contributed by atoms with van der Waals surface area (Å²) in [6.07, 6.45) is -4.43. The lowest BCUT2D eigenvalue weighted by atomic mass is 10.1. The first-order chi connectivity index (χ1) is 8.33. The number of rotatable bonds is 5. The first-order valence-electron chi connectivity index (χ1n) is 5.11. The van der Waals surface area contributed by atoms with Crippen LogP contribution in [0.3, 0.4) is 0 Å². The van der Waals surface area contributed by atoms with E-state index in [2.05, 4.69) is 10.3 Å². The molecule has 3 nitrogen and oxygen atoms in total. The molecule has 1 aromatic carbocycles. The van der Waals surface area contributed by atoms with Gasteiger partial charge in [-0.25, -0.2) is 4.39 Å². The fourth-order valence-electron chi connectivity index (χ4n) is 1.30. The van der Waals surface area contributed by atoms with E-state index in [4.69, 9.17) is 4.74 Å². The van der Waals surface area contributed by atoms with Crippen molar-refractivity contribution in [3.63, 3.8) is 0 Å². The van der Waals surface area contributed by atoms with Crippen LogP contribution in [0.1, 0.15) is 18.5 Å². The predicted molar refractivity (Wildman–Crippen MR) is 56.5 cm³/mol. The number of hydrogen-bond donors (Lipinski definition) is 1. The monoisotopic (exact) mass is 267 g/mol. The molecular formula is C11H13F4NO2. The van der Waals surface area contributed by atoms with Crippen LogP contribution in [0.5, 0.6) is 5.75 Å². The number of nitrogens with one attached hydrogen (secondary N) is 1. The lowest BCUT2D eigenvalue weighted by molar-refractivity contribution is -0.192. The first-order valence-corrected chi connectivity index (χ1v) is 5.11. The van der Waals surface area contributed by atoms with Gasteiger partial charge in [0, 0.05) is 11.6 Å². The Hall–Kier alpha value is -1.34. The maximum Gasteiger partial charge on any atom is 0.413 e. The maximum atomic E-state index is 13.6. The minimum absolute atomic E-state index is 0.193. The Kier molecular flexibility index (Phi) is 4.92. The Morgan fingerprint density at radius 2 is 2.00 bits per heavy atom. The molecule has 0 bridgehead atoms. The van der Waals surface area contributed by atoms with Crippen molar-refractivity contribution in [3.05, 3.63) is 29.6 Å². The fraction of sp³-hybridized carbons (Fsp3) is 0.455. The minimum Gasteiger partial charge on any atom is -0.497 e. The fourth-order valence-corrected chi connectivity index (χ4v) is 1.30. The van der Waals surface area contributed by atoms with Crippen molar-refractivity contribution in [1.82, 2.24) is 5.48 Å². The van der Waals surface area contributed by atoms with Crippen LogP contribution in [0.4, 0.5) is 17.6 Å². The number of halogens is 4. The second-order valence-electron chi connectivity index (χ2n) is 3.63. The van der Waals surface area contributed by atoms with E-state index in [0.29, 0.717) is 5.75 Å². The van der Waals surface area contributed by atoms with Gasteiger partial charge in [0.05, 0.1) is 13.2 Å². The molecule has 0 spiro atoms. The van der Waals surface area contributed by atoms with Crippen LogP contribution >= 0.6 is 0 Å². The van der Waals surface area contributed by atoms with Crippen LogP contribution in [-0.2, 0) is 4.84 Å². The van der Waals surface area contributed by atoms with Gasteiger partial charge in [-0.1, -0.05) is 6.07 Å². The van der Waals surface area contributed by atoms with Crippen LogP contribution in [-0.4, -0.2) is 19.9 Å². The van der Waals surface area contributed by atoms with Gasteiger partial charge < -0.3 is 4.74 Å². The smallest absolute Gasteiger partial charge is 0.413 e. The molecule has 0 radical (unpaired) electrons. The molecule has 0 heterocycles. The summed E-state index contributed by atoms with van der Waals surface area (Å²) in [5, 5.41) is 0. The van der Waals surface area contributed by atoms with E-state index >= 15 is 0 Å². The zero-order valence-electron chi connectivity index (χ0n) is 9.84. The lowest BCUT2D eigenvalue weighted by Crippen LogP contribution is -2.27. The number of hydroxylamine groups is 1. The second kappa shape index (κ2) is 6.01. The highest BCUT2D eigenvalue weighted by atomic mass is 19.4. The number of benzene rings is 1. The topological polar surface area (TPSA) is 30.5 Å². The average Bonchev–Trinajstić information content (AvgIpc) is 2.26. The summed E-state index contributed by atoms with van der Waals surface area (Å²) in [6, 6.07) is 3.37. The van der Waals surface area contributed by atoms with Crippen molar-refractivity contribution < 1.29 is 27.1 Å². The van der Waals surface area contributed by atoms with Gasteiger partial charge in [0.15, 0.2) is 6.61 Å². The Labute approximate surface area is 102 Å². The highest BCUT2D eigenvalue weighted by molar-refractivity contribution is 5.30. The molecule has 7 heteroatoms. The zero-order chi connectivity index (χ0) is 13.8. The summed E-state index contributed by atoms with van der Waals surface area (Å²) in [5.41, 5.74) is 2.33. The molecule has 0 aromatic heterocycles. The molecule has 0 aliphatic carbocycles. The van der Waals surface area contributed by atoms with Crippen LogP contribution in [0.2, 0.25) is 0 Å². The summed E-state index contributed by atoms with van der Waals surface area (Å²) in [5.74, 6) is -0.246. The molecule has 0 saturated heterocycles. The number of ether oxygens (including phenoxy) is 1. The minimum atomic E-state index is -4.43. The molecule has 1 rings (SSSR count). The molecule has 102 valence electrons. The molecule has 1 atom stereocenters. The summed E-state index contributed by atoms with van der Waals surface area (Å²) in [6.45, 7) is 0.0520. The van der Waals surface area contributed by atoms with Gasteiger partial charge in [-0.3, -0.25) is 4.84 Å². The second-order valence-corrected chi connectivity index (χ2v) is 3.63. The van der Waals surface area contributed by atoms with Gasteiger partial charge in [0.25, 0.3) is 0 Å². The van der Waals surface area contributed by atoms with E-state index in [0.717, 1.165) is 6.07 Å². The Morgan fingerprint density at radius 3 is 2.50 bits per heavy atom. The van der Waals surface area contributed by atoms with Crippen LogP contribution in [0, 0.1) is 5.82 Å². The molecule has 0 aliphatic heterocycles.